The molecule has 0 radical (unpaired) electrons. The monoisotopic (exact) mass is 469 g/mol. The predicted molar refractivity (Wildman–Crippen MR) is 153 cm³/mol. The van der Waals surface area contributed by atoms with Gasteiger partial charge in [-0.25, -0.2) is 4.57 Å². The maximum absolute atomic E-state index is 2.57. The van der Waals surface area contributed by atoms with Crippen LogP contribution in [0.5, 0.6) is 0 Å². The molecule has 0 saturated carbocycles. The lowest BCUT2D eigenvalue weighted by Crippen LogP contribution is -2.38. The van der Waals surface area contributed by atoms with Crippen molar-refractivity contribution in [1.29, 1.82) is 0 Å². The molecule has 3 heterocycles. The number of hydrogen-bond donors (Lipinski definition) is 0. The lowest BCUT2D eigenvalue weighted by Gasteiger charge is -2.20. The number of benzene rings is 4. The van der Waals surface area contributed by atoms with E-state index in [1.54, 1.807) is 0 Å². The van der Waals surface area contributed by atoms with Crippen molar-refractivity contribution in [2.75, 3.05) is 0 Å². The van der Waals surface area contributed by atoms with Crippen LogP contribution in [0, 0.1) is 6.92 Å². The Hall–Kier alpha value is -3.69. The second kappa shape index (κ2) is 6.93. The zero-order chi connectivity index (χ0) is 24.1. The van der Waals surface area contributed by atoms with Crippen molar-refractivity contribution in [3.63, 3.8) is 0 Å². The van der Waals surface area contributed by atoms with Crippen molar-refractivity contribution in [3.8, 4) is 11.1 Å². The number of fused-ring (bicyclic) bond motifs is 5. The van der Waals surface area contributed by atoms with Gasteiger partial charge in [0, 0.05) is 16.8 Å². The first kappa shape index (κ1) is 20.7. The normalized spacial score (nSPS) is 12.7. The first-order chi connectivity index (χ1) is 16.8. The van der Waals surface area contributed by atoms with Crippen LogP contribution in [-0.2, 0) is 7.05 Å². The summed E-state index contributed by atoms with van der Waals surface area (Å²) in [6.07, 6.45) is 2.24. The summed E-state index contributed by atoms with van der Waals surface area (Å²) in [6, 6.07) is 29.5. The molecule has 0 atom stereocenters. The van der Waals surface area contributed by atoms with Crippen LogP contribution in [-0.4, -0.2) is 12.5 Å². The number of hydrogen-bond acceptors (Lipinski definition) is 0. The molecule has 0 unspecified atom stereocenters. The first-order valence-corrected chi connectivity index (χ1v) is 15.9. The molecule has 0 aliphatic rings. The van der Waals surface area contributed by atoms with Gasteiger partial charge >= 0.3 is 0 Å². The van der Waals surface area contributed by atoms with Gasteiger partial charge in [0.05, 0.1) is 35.4 Å². The number of pyridine rings is 2. The van der Waals surface area contributed by atoms with Gasteiger partial charge in [-0.15, -0.1) is 0 Å². The third-order valence-corrected chi connectivity index (χ3v) is 9.83. The van der Waals surface area contributed by atoms with Crippen LogP contribution < -0.4 is 9.75 Å². The number of rotatable bonds is 2. The van der Waals surface area contributed by atoms with Crippen LogP contribution >= 0.6 is 0 Å². The highest BCUT2D eigenvalue weighted by molar-refractivity contribution is 6.89. The number of nitrogens with zero attached hydrogens (tertiary/aromatic N) is 2. The first-order valence-electron chi connectivity index (χ1n) is 12.4. The standard InChI is InChI=1S/C32H29N2Si/c1-20-14-15-25-30-24(21-10-7-6-8-11-21)12-9-13-26(30)34-27-19-23(35(3,4)5)18-22-16-17-33(2)32(29(22)27)28(20)31(25)34/h6-19H,1-5H3/q+1. The minimum atomic E-state index is -1.52. The van der Waals surface area contributed by atoms with Crippen molar-refractivity contribution >= 4 is 62.3 Å². The molecule has 0 N–H and O–H groups in total. The highest BCUT2D eigenvalue weighted by Crippen LogP contribution is 2.43. The van der Waals surface area contributed by atoms with Crippen LogP contribution in [0.3, 0.4) is 0 Å². The van der Waals surface area contributed by atoms with E-state index < -0.39 is 8.07 Å². The van der Waals surface area contributed by atoms with E-state index >= 15 is 0 Å². The van der Waals surface area contributed by atoms with Crippen molar-refractivity contribution < 1.29 is 4.57 Å². The zero-order valence-electron chi connectivity index (χ0n) is 21.0. The molecule has 7 rings (SSSR count). The summed E-state index contributed by atoms with van der Waals surface area (Å²) >= 11 is 0. The molecule has 0 amide bonds. The van der Waals surface area contributed by atoms with Gasteiger partial charge < -0.3 is 4.40 Å². The molecule has 2 nitrogen and oxygen atoms in total. The summed E-state index contributed by atoms with van der Waals surface area (Å²) in [6.45, 7) is 9.60. The molecule has 3 heteroatoms. The summed E-state index contributed by atoms with van der Waals surface area (Å²) in [4.78, 5) is 0. The average molecular weight is 470 g/mol. The van der Waals surface area contributed by atoms with E-state index in [-0.39, 0.29) is 0 Å². The van der Waals surface area contributed by atoms with Crippen molar-refractivity contribution in [2.45, 2.75) is 26.6 Å². The maximum atomic E-state index is 2.57. The molecule has 35 heavy (non-hydrogen) atoms. The molecular formula is C32H29N2Si+. The Morgan fingerprint density at radius 3 is 2.31 bits per heavy atom. The van der Waals surface area contributed by atoms with Crippen LogP contribution in [0.1, 0.15) is 5.56 Å². The predicted octanol–water partition coefficient (Wildman–Crippen LogP) is 7.34. The molecule has 0 fully saturated rings. The molecule has 0 spiro atoms. The van der Waals surface area contributed by atoms with E-state index in [1.807, 2.05) is 0 Å². The van der Waals surface area contributed by atoms with Crippen molar-refractivity contribution in [2.24, 2.45) is 7.05 Å². The van der Waals surface area contributed by atoms with E-state index in [0.29, 0.717) is 0 Å². The Kier molecular flexibility index (Phi) is 4.09. The highest BCUT2D eigenvalue weighted by atomic mass is 28.3. The molecule has 0 bridgehead atoms. The largest absolute Gasteiger partial charge is 0.307 e. The minimum absolute atomic E-state index is 1.27. The Bertz CT molecular complexity index is 1940. The summed E-state index contributed by atoms with van der Waals surface area (Å²) in [5, 5.41) is 8.25. The Balaban J connectivity index is 1.84. The minimum Gasteiger partial charge on any atom is -0.307 e. The van der Waals surface area contributed by atoms with Crippen LogP contribution in [0.25, 0.3) is 60.1 Å². The van der Waals surface area contributed by atoms with Gasteiger partial charge in [0.15, 0.2) is 6.20 Å². The van der Waals surface area contributed by atoms with Gasteiger partial charge in [0.1, 0.15) is 7.05 Å². The van der Waals surface area contributed by atoms with Crippen LogP contribution in [0.15, 0.2) is 85.1 Å². The Morgan fingerprint density at radius 2 is 1.54 bits per heavy atom. The molecule has 0 aliphatic heterocycles. The fourth-order valence-electron chi connectivity index (χ4n) is 6.06. The third-order valence-electron chi connectivity index (χ3n) is 7.81. The summed E-state index contributed by atoms with van der Waals surface area (Å²) < 4.78 is 4.89. The summed E-state index contributed by atoms with van der Waals surface area (Å²) in [5.41, 5.74) is 9.18. The average Bonchev–Trinajstić information content (AvgIpc) is 3.19. The fraction of sp³-hybridized carbons (Fsp3) is 0.156. The Labute approximate surface area is 206 Å². The highest BCUT2D eigenvalue weighted by Gasteiger charge is 2.27. The molecule has 3 aromatic heterocycles. The quantitative estimate of drug-likeness (QED) is 0.108. The number of aryl methyl sites for hydroxylation is 2. The lowest BCUT2D eigenvalue weighted by atomic mass is 9.97. The van der Waals surface area contributed by atoms with Crippen LogP contribution in [0.4, 0.5) is 0 Å². The van der Waals surface area contributed by atoms with Crippen molar-refractivity contribution in [1.82, 2.24) is 4.40 Å². The zero-order valence-corrected chi connectivity index (χ0v) is 22.0. The second-order valence-electron chi connectivity index (χ2n) is 11.0. The SMILES string of the molecule is Cc1ccc2c3c(-c4ccccc4)cccc3n3c4cc([Si](C)(C)C)cc5cc[n+](C)c(c1c23)c54. The van der Waals surface area contributed by atoms with Gasteiger partial charge in [0.2, 0.25) is 5.52 Å². The molecule has 7 aromatic rings. The summed E-state index contributed by atoms with van der Waals surface area (Å²) in [7, 11) is 0.670. The Morgan fingerprint density at radius 1 is 0.743 bits per heavy atom. The maximum Gasteiger partial charge on any atom is 0.224 e. The molecule has 0 aliphatic carbocycles. The van der Waals surface area contributed by atoms with E-state index in [4.69, 9.17) is 0 Å². The van der Waals surface area contributed by atoms with Gasteiger partial charge in [-0.05, 0) is 41.1 Å². The van der Waals surface area contributed by atoms with Crippen LogP contribution in [0.2, 0.25) is 19.6 Å². The number of aromatic nitrogens is 2. The molecule has 0 saturated heterocycles. The fourth-order valence-corrected chi connectivity index (χ4v) is 7.21. The second-order valence-corrected chi connectivity index (χ2v) is 16.1. The molecule has 170 valence electrons. The summed E-state index contributed by atoms with van der Waals surface area (Å²) in [5.74, 6) is 0. The molecular weight excluding hydrogens is 440 g/mol. The van der Waals surface area contributed by atoms with E-state index in [9.17, 15) is 0 Å². The third kappa shape index (κ3) is 2.73. The van der Waals surface area contributed by atoms with E-state index in [1.165, 1.54) is 70.9 Å². The lowest BCUT2D eigenvalue weighted by molar-refractivity contribution is -0.643. The van der Waals surface area contributed by atoms with Gasteiger partial charge in [-0.2, -0.15) is 0 Å². The van der Waals surface area contributed by atoms with Gasteiger partial charge in [-0.1, -0.05) is 85.5 Å². The van der Waals surface area contributed by atoms with Gasteiger partial charge in [0.25, 0.3) is 0 Å². The smallest absolute Gasteiger partial charge is 0.224 e. The van der Waals surface area contributed by atoms with E-state index in [2.05, 4.69) is 128 Å². The molecule has 4 aromatic carbocycles. The van der Waals surface area contributed by atoms with Crippen molar-refractivity contribution in [3.05, 3.63) is 90.6 Å². The van der Waals surface area contributed by atoms with Gasteiger partial charge in [-0.3, -0.25) is 0 Å². The van der Waals surface area contributed by atoms with E-state index in [0.717, 1.165) is 0 Å². The topological polar surface area (TPSA) is 8.29 Å².